The Bertz CT molecular complexity index is 518. The standard InChI is InChI=1S/C13H13ClN2O2/c1-3-18-13(17)10(7-15)8-16-12-6-4-5-11(14)9(12)2/h4-6,8,16H,3H2,1-2H3. The van der Waals surface area contributed by atoms with Crippen molar-refractivity contribution in [2.75, 3.05) is 11.9 Å². The van der Waals surface area contributed by atoms with E-state index in [-0.39, 0.29) is 12.2 Å². The zero-order valence-corrected chi connectivity index (χ0v) is 10.9. The van der Waals surface area contributed by atoms with E-state index in [9.17, 15) is 4.79 Å². The quantitative estimate of drug-likeness (QED) is 0.516. The Morgan fingerprint density at radius 1 is 1.61 bits per heavy atom. The van der Waals surface area contributed by atoms with Gasteiger partial charge in [-0.1, -0.05) is 17.7 Å². The molecule has 0 aliphatic rings. The molecule has 1 rings (SSSR count). The minimum absolute atomic E-state index is 0.0868. The minimum Gasteiger partial charge on any atom is -0.462 e. The van der Waals surface area contributed by atoms with Crippen LogP contribution in [0.25, 0.3) is 0 Å². The van der Waals surface area contributed by atoms with Crippen molar-refractivity contribution in [2.45, 2.75) is 13.8 Å². The number of carbonyl (C=O) groups excluding carboxylic acids is 1. The van der Waals surface area contributed by atoms with Crippen molar-refractivity contribution < 1.29 is 9.53 Å². The third kappa shape index (κ3) is 3.51. The number of halogens is 1. The van der Waals surface area contributed by atoms with Gasteiger partial charge in [0.1, 0.15) is 6.07 Å². The number of rotatable bonds is 4. The highest BCUT2D eigenvalue weighted by atomic mass is 35.5. The Balaban J connectivity index is 2.87. The van der Waals surface area contributed by atoms with Gasteiger partial charge < -0.3 is 10.1 Å². The van der Waals surface area contributed by atoms with Crippen molar-refractivity contribution in [1.82, 2.24) is 0 Å². The van der Waals surface area contributed by atoms with Crippen molar-refractivity contribution in [3.8, 4) is 6.07 Å². The second-order valence-electron chi connectivity index (χ2n) is 3.45. The van der Waals surface area contributed by atoms with Crippen LogP contribution in [0, 0.1) is 18.3 Å². The van der Waals surface area contributed by atoms with Crippen LogP contribution in [0.1, 0.15) is 12.5 Å². The number of nitrogens with zero attached hydrogens (tertiary/aromatic N) is 1. The second-order valence-corrected chi connectivity index (χ2v) is 3.85. The van der Waals surface area contributed by atoms with E-state index in [0.717, 1.165) is 11.3 Å². The lowest BCUT2D eigenvalue weighted by Gasteiger charge is -2.07. The Morgan fingerprint density at radius 3 is 2.94 bits per heavy atom. The first kappa shape index (κ1) is 14.1. The van der Waals surface area contributed by atoms with Gasteiger partial charge in [0.25, 0.3) is 0 Å². The van der Waals surface area contributed by atoms with E-state index in [1.165, 1.54) is 6.20 Å². The maximum Gasteiger partial charge on any atom is 0.350 e. The van der Waals surface area contributed by atoms with E-state index >= 15 is 0 Å². The van der Waals surface area contributed by atoms with Gasteiger partial charge in [0, 0.05) is 16.9 Å². The third-order valence-electron chi connectivity index (χ3n) is 2.26. The van der Waals surface area contributed by atoms with Crippen LogP contribution in [0.4, 0.5) is 5.69 Å². The van der Waals surface area contributed by atoms with Crippen LogP contribution in [0.2, 0.25) is 5.02 Å². The smallest absolute Gasteiger partial charge is 0.350 e. The van der Waals surface area contributed by atoms with E-state index in [0.29, 0.717) is 5.02 Å². The van der Waals surface area contributed by atoms with Crippen molar-refractivity contribution in [2.24, 2.45) is 0 Å². The van der Waals surface area contributed by atoms with Crippen LogP contribution >= 0.6 is 11.6 Å². The predicted octanol–water partition coefficient (Wildman–Crippen LogP) is 3.03. The van der Waals surface area contributed by atoms with Gasteiger partial charge in [-0.05, 0) is 31.5 Å². The number of benzene rings is 1. The fraction of sp³-hybridized carbons (Fsp3) is 0.231. The van der Waals surface area contributed by atoms with Gasteiger partial charge in [0.05, 0.1) is 6.61 Å². The summed E-state index contributed by atoms with van der Waals surface area (Å²) >= 11 is 5.96. The van der Waals surface area contributed by atoms with Gasteiger partial charge in [-0.2, -0.15) is 5.26 Å². The summed E-state index contributed by atoms with van der Waals surface area (Å²) in [5, 5.41) is 12.3. The van der Waals surface area contributed by atoms with Crippen LogP contribution in [0.5, 0.6) is 0 Å². The van der Waals surface area contributed by atoms with Crippen LogP contribution in [0.15, 0.2) is 30.0 Å². The topological polar surface area (TPSA) is 62.1 Å². The van der Waals surface area contributed by atoms with E-state index in [2.05, 4.69) is 5.32 Å². The average molecular weight is 265 g/mol. The molecule has 0 saturated carbocycles. The molecule has 0 aliphatic heterocycles. The molecule has 1 N–H and O–H groups in total. The summed E-state index contributed by atoms with van der Waals surface area (Å²) in [5.74, 6) is -0.646. The van der Waals surface area contributed by atoms with Crippen LogP contribution in [-0.2, 0) is 9.53 Å². The molecule has 0 heterocycles. The van der Waals surface area contributed by atoms with Gasteiger partial charge in [0.2, 0.25) is 0 Å². The van der Waals surface area contributed by atoms with Gasteiger partial charge in [-0.3, -0.25) is 0 Å². The van der Waals surface area contributed by atoms with E-state index in [4.69, 9.17) is 21.6 Å². The summed E-state index contributed by atoms with van der Waals surface area (Å²) in [5.41, 5.74) is 1.49. The third-order valence-corrected chi connectivity index (χ3v) is 2.66. The molecular formula is C13H13ClN2O2. The van der Waals surface area contributed by atoms with Crippen molar-refractivity contribution in [1.29, 1.82) is 5.26 Å². The van der Waals surface area contributed by atoms with Crippen molar-refractivity contribution in [3.63, 3.8) is 0 Å². The molecule has 0 bridgehead atoms. The lowest BCUT2D eigenvalue weighted by molar-refractivity contribution is -0.138. The highest BCUT2D eigenvalue weighted by Gasteiger charge is 2.09. The Morgan fingerprint density at radius 2 is 2.33 bits per heavy atom. The Hall–Kier alpha value is -1.99. The molecule has 0 radical (unpaired) electrons. The molecule has 94 valence electrons. The fourth-order valence-electron chi connectivity index (χ4n) is 1.26. The number of nitriles is 1. The van der Waals surface area contributed by atoms with Crippen LogP contribution < -0.4 is 5.32 Å². The number of hydrogen-bond acceptors (Lipinski definition) is 4. The largest absolute Gasteiger partial charge is 0.462 e. The number of nitrogens with one attached hydrogen (secondary N) is 1. The van der Waals surface area contributed by atoms with E-state index in [1.807, 2.05) is 6.92 Å². The fourth-order valence-corrected chi connectivity index (χ4v) is 1.43. The first-order valence-corrected chi connectivity index (χ1v) is 5.77. The second kappa shape index (κ2) is 6.67. The Kier molecular flexibility index (Phi) is 5.22. The number of esters is 1. The average Bonchev–Trinajstić information content (AvgIpc) is 2.35. The Labute approximate surface area is 111 Å². The minimum atomic E-state index is -0.646. The molecule has 0 aromatic heterocycles. The molecule has 0 unspecified atom stereocenters. The lowest BCUT2D eigenvalue weighted by atomic mass is 10.2. The molecule has 0 aliphatic carbocycles. The summed E-state index contributed by atoms with van der Waals surface area (Å²) in [6, 6.07) is 7.13. The molecule has 0 atom stereocenters. The summed E-state index contributed by atoms with van der Waals surface area (Å²) in [4.78, 5) is 11.4. The summed E-state index contributed by atoms with van der Waals surface area (Å²) in [6.07, 6.45) is 1.32. The maximum absolute atomic E-state index is 11.4. The molecule has 0 spiro atoms. The number of carbonyl (C=O) groups is 1. The van der Waals surface area contributed by atoms with E-state index < -0.39 is 5.97 Å². The normalized spacial score (nSPS) is 10.7. The SMILES string of the molecule is CCOC(=O)C(C#N)=CNc1cccc(Cl)c1C. The van der Waals surface area contributed by atoms with Crippen molar-refractivity contribution in [3.05, 3.63) is 40.6 Å². The first-order chi connectivity index (χ1) is 8.60. The lowest BCUT2D eigenvalue weighted by Crippen LogP contribution is -2.08. The van der Waals surface area contributed by atoms with Gasteiger partial charge >= 0.3 is 5.97 Å². The van der Waals surface area contributed by atoms with Crippen molar-refractivity contribution >= 4 is 23.3 Å². The first-order valence-electron chi connectivity index (χ1n) is 5.39. The van der Waals surface area contributed by atoms with Gasteiger partial charge in [0.15, 0.2) is 5.57 Å². The number of ether oxygens (including phenoxy) is 1. The highest BCUT2D eigenvalue weighted by Crippen LogP contribution is 2.23. The maximum atomic E-state index is 11.4. The van der Waals surface area contributed by atoms with Gasteiger partial charge in [-0.25, -0.2) is 4.79 Å². The molecule has 0 saturated heterocycles. The highest BCUT2D eigenvalue weighted by molar-refractivity contribution is 6.31. The molecule has 1 aromatic carbocycles. The molecule has 5 heteroatoms. The molecule has 0 amide bonds. The molecular weight excluding hydrogens is 252 g/mol. The van der Waals surface area contributed by atoms with Crippen LogP contribution in [-0.4, -0.2) is 12.6 Å². The summed E-state index contributed by atoms with van der Waals surface area (Å²) < 4.78 is 4.74. The van der Waals surface area contributed by atoms with Crippen LogP contribution in [0.3, 0.4) is 0 Å². The monoisotopic (exact) mass is 264 g/mol. The zero-order chi connectivity index (χ0) is 13.5. The molecule has 4 nitrogen and oxygen atoms in total. The summed E-state index contributed by atoms with van der Waals surface area (Å²) in [6.45, 7) is 3.75. The van der Waals surface area contributed by atoms with Gasteiger partial charge in [-0.15, -0.1) is 0 Å². The molecule has 1 aromatic rings. The molecule has 0 fully saturated rings. The van der Waals surface area contributed by atoms with E-state index in [1.54, 1.807) is 31.2 Å². The summed E-state index contributed by atoms with van der Waals surface area (Å²) in [7, 11) is 0. The number of anilines is 1. The predicted molar refractivity (Wildman–Crippen MR) is 70.1 cm³/mol. The molecule has 18 heavy (non-hydrogen) atoms. The number of hydrogen-bond donors (Lipinski definition) is 1. The zero-order valence-electron chi connectivity index (χ0n) is 10.2.